The van der Waals surface area contributed by atoms with Gasteiger partial charge in [-0.1, -0.05) is 38.4 Å². The Morgan fingerprint density at radius 3 is 2.71 bits per heavy atom. The molecule has 1 aliphatic carbocycles. The number of rotatable bonds is 5. The van der Waals surface area contributed by atoms with Crippen LogP contribution in [0.4, 0.5) is 0 Å². The van der Waals surface area contributed by atoms with Gasteiger partial charge >= 0.3 is 0 Å². The molecule has 0 aromatic carbocycles. The number of nitrogens with two attached hydrogens (primary N) is 1. The maximum absolute atomic E-state index is 12.0. The minimum atomic E-state index is -0.429. The third-order valence-electron chi connectivity index (χ3n) is 3.29. The summed E-state index contributed by atoms with van der Waals surface area (Å²) in [6.07, 6.45) is 4.78. The Morgan fingerprint density at radius 1 is 1.53 bits per heavy atom. The molecule has 98 valence electrons. The molecule has 0 bridgehead atoms. The van der Waals surface area contributed by atoms with Crippen LogP contribution in [0.15, 0.2) is 0 Å². The quantitative estimate of drug-likeness (QED) is 0.646. The van der Waals surface area contributed by atoms with E-state index in [1.54, 1.807) is 0 Å². The molecule has 1 amide bonds. The van der Waals surface area contributed by atoms with Crippen LogP contribution in [0.3, 0.4) is 0 Å². The maximum Gasteiger partial charge on any atom is 0.230 e. The lowest BCUT2D eigenvalue weighted by Gasteiger charge is -2.29. The second-order valence-electron chi connectivity index (χ2n) is 4.71. The highest BCUT2D eigenvalue weighted by molar-refractivity contribution is 7.80. The van der Waals surface area contributed by atoms with E-state index in [2.05, 4.69) is 5.32 Å². The molecule has 0 heterocycles. The zero-order valence-corrected chi connectivity index (χ0v) is 11.1. The predicted molar refractivity (Wildman–Crippen MR) is 71.6 cm³/mol. The fourth-order valence-corrected chi connectivity index (χ4v) is 2.48. The van der Waals surface area contributed by atoms with Crippen molar-refractivity contribution < 1.29 is 9.90 Å². The van der Waals surface area contributed by atoms with Crippen LogP contribution < -0.4 is 11.1 Å². The molecule has 17 heavy (non-hydrogen) atoms. The minimum Gasteiger partial charge on any atom is -0.393 e. The summed E-state index contributed by atoms with van der Waals surface area (Å²) in [6, 6.07) is -0.134. The van der Waals surface area contributed by atoms with Crippen molar-refractivity contribution in [2.45, 2.75) is 57.6 Å². The van der Waals surface area contributed by atoms with Crippen molar-refractivity contribution in [1.82, 2.24) is 5.32 Å². The lowest BCUT2D eigenvalue weighted by atomic mass is 9.91. The lowest BCUT2D eigenvalue weighted by molar-refractivity contribution is -0.125. The van der Waals surface area contributed by atoms with Crippen LogP contribution in [0, 0.1) is 5.92 Å². The van der Waals surface area contributed by atoms with E-state index in [-0.39, 0.29) is 16.9 Å². The van der Waals surface area contributed by atoms with Crippen LogP contribution >= 0.6 is 12.2 Å². The van der Waals surface area contributed by atoms with Gasteiger partial charge in [0.25, 0.3) is 0 Å². The standard InChI is InChI=1S/C12H22N2O2S/c1-2-5-8(11(13)17)12(16)14-9-6-3-4-7-10(9)15/h8-10,15H,2-7H2,1H3,(H2,13,17)(H,14,16). The van der Waals surface area contributed by atoms with E-state index in [4.69, 9.17) is 18.0 Å². The summed E-state index contributed by atoms with van der Waals surface area (Å²) in [6.45, 7) is 1.99. The van der Waals surface area contributed by atoms with Gasteiger partial charge < -0.3 is 16.2 Å². The highest BCUT2D eigenvalue weighted by Crippen LogP contribution is 2.19. The van der Waals surface area contributed by atoms with Gasteiger partial charge in [-0.2, -0.15) is 0 Å². The summed E-state index contributed by atoms with van der Waals surface area (Å²) in [4.78, 5) is 12.2. The molecule has 1 saturated carbocycles. The van der Waals surface area contributed by atoms with Gasteiger partial charge in [-0.15, -0.1) is 0 Å². The first-order valence-corrected chi connectivity index (χ1v) is 6.74. The van der Waals surface area contributed by atoms with Gasteiger partial charge in [0.15, 0.2) is 0 Å². The maximum atomic E-state index is 12.0. The number of carbonyl (C=O) groups is 1. The molecule has 1 aliphatic rings. The number of thiocarbonyl (C=S) groups is 1. The number of nitrogens with one attached hydrogen (secondary N) is 1. The molecule has 4 N–H and O–H groups in total. The third-order valence-corrected chi connectivity index (χ3v) is 3.58. The molecule has 4 nitrogen and oxygen atoms in total. The summed E-state index contributed by atoms with van der Waals surface area (Å²) < 4.78 is 0. The molecule has 0 spiro atoms. The van der Waals surface area contributed by atoms with Gasteiger partial charge in [-0.25, -0.2) is 0 Å². The van der Waals surface area contributed by atoms with Crippen LogP contribution in [0.1, 0.15) is 45.4 Å². The van der Waals surface area contributed by atoms with Crippen molar-refractivity contribution in [3.63, 3.8) is 0 Å². The third kappa shape index (κ3) is 4.24. The molecule has 1 rings (SSSR count). The first-order chi connectivity index (χ1) is 8.06. The Balaban J connectivity index is 2.53. The highest BCUT2D eigenvalue weighted by atomic mass is 32.1. The highest BCUT2D eigenvalue weighted by Gasteiger charge is 2.28. The predicted octanol–water partition coefficient (Wildman–Crippen LogP) is 1.11. The van der Waals surface area contributed by atoms with Crippen molar-refractivity contribution in [2.24, 2.45) is 11.7 Å². The largest absolute Gasteiger partial charge is 0.393 e. The Bertz CT molecular complexity index is 284. The van der Waals surface area contributed by atoms with E-state index in [1.807, 2.05) is 6.92 Å². The average Bonchev–Trinajstić information content (AvgIpc) is 2.28. The first kappa shape index (κ1) is 14.4. The van der Waals surface area contributed by atoms with Gasteiger partial charge in [0.1, 0.15) is 0 Å². The van der Waals surface area contributed by atoms with E-state index >= 15 is 0 Å². The molecule has 3 unspecified atom stereocenters. The SMILES string of the molecule is CCCC(C(=O)NC1CCCCC1O)C(N)=S. The second kappa shape index (κ2) is 6.91. The fourth-order valence-electron chi connectivity index (χ4n) is 2.25. The molecule has 0 aliphatic heterocycles. The van der Waals surface area contributed by atoms with E-state index in [0.29, 0.717) is 6.42 Å². The number of hydrogen-bond acceptors (Lipinski definition) is 3. The molecular weight excluding hydrogens is 236 g/mol. The Labute approximate surface area is 108 Å². The second-order valence-corrected chi connectivity index (χ2v) is 5.18. The number of hydrogen-bond donors (Lipinski definition) is 3. The molecule has 0 saturated heterocycles. The smallest absolute Gasteiger partial charge is 0.230 e. The summed E-state index contributed by atoms with van der Waals surface area (Å²) in [5, 5.41) is 12.7. The van der Waals surface area contributed by atoms with Crippen LogP contribution in [0.5, 0.6) is 0 Å². The average molecular weight is 258 g/mol. The van der Waals surface area contributed by atoms with Crippen molar-refractivity contribution in [3.8, 4) is 0 Å². The van der Waals surface area contributed by atoms with E-state index in [9.17, 15) is 9.90 Å². The summed E-state index contributed by atoms with van der Waals surface area (Å²) in [5.41, 5.74) is 5.57. The first-order valence-electron chi connectivity index (χ1n) is 6.34. The molecule has 0 aromatic rings. The van der Waals surface area contributed by atoms with E-state index in [0.717, 1.165) is 32.1 Å². The van der Waals surface area contributed by atoms with Gasteiger partial charge in [-0.05, 0) is 19.3 Å². The molecule has 0 radical (unpaired) electrons. The summed E-state index contributed by atoms with van der Waals surface area (Å²) >= 11 is 4.91. The molecular formula is C12H22N2O2S. The molecule has 0 aromatic heterocycles. The van der Waals surface area contributed by atoms with Crippen molar-refractivity contribution in [3.05, 3.63) is 0 Å². The number of amides is 1. The van der Waals surface area contributed by atoms with Crippen LogP contribution in [0.25, 0.3) is 0 Å². The number of carbonyl (C=O) groups excluding carboxylic acids is 1. The molecule has 3 atom stereocenters. The van der Waals surface area contributed by atoms with E-state index in [1.165, 1.54) is 0 Å². The van der Waals surface area contributed by atoms with Gasteiger partial charge in [0.05, 0.1) is 23.1 Å². The van der Waals surface area contributed by atoms with Gasteiger partial charge in [-0.3, -0.25) is 4.79 Å². The van der Waals surface area contributed by atoms with Crippen LogP contribution in [0.2, 0.25) is 0 Å². The van der Waals surface area contributed by atoms with Crippen LogP contribution in [-0.4, -0.2) is 28.1 Å². The van der Waals surface area contributed by atoms with Gasteiger partial charge in [0, 0.05) is 0 Å². The zero-order valence-electron chi connectivity index (χ0n) is 10.3. The minimum absolute atomic E-state index is 0.134. The molecule has 1 fully saturated rings. The zero-order chi connectivity index (χ0) is 12.8. The topological polar surface area (TPSA) is 75.3 Å². The molecule has 5 heteroatoms. The number of aliphatic hydroxyl groups excluding tert-OH is 1. The summed E-state index contributed by atoms with van der Waals surface area (Å²) in [7, 11) is 0. The lowest BCUT2D eigenvalue weighted by Crippen LogP contribution is -2.49. The Kier molecular flexibility index (Phi) is 5.85. The Hall–Kier alpha value is -0.680. The Morgan fingerprint density at radius 2 is 2.18 bits per heavy atom. The fraction of sp³-hybridized carbons (Fsp3) is 0.833. The summed E-state index contributed by atoms with van der Waals surface area (Å²) in [5.74, 6) is -0.533. The van der Waals surface area contributed by atoms with Crippen molar-refractivity contribution in [1.29, 1.82) is 0 Å². The number of aliphatic hydroxyl groups is 1. The van der Waals surface area contributed by atoms with E-state index < -0.39 is 12.0 Å². The van der Waals surface area contributed by atoms with Crippen LogP contribution in [-0.2, 0) is 4.79 Å². The normalized spacial score (nSPS) is 26.2. The van der Waals surface area contributed by atoms with Crippen molar-refractivity contribution >= 4 is 23.1 Å². The monoisotopic (exact) mass is 258 g/mol. The van der Waals surface area contributed by atoms with Gasteiger partial charge in [0.2, 0.25) is 5.91 Å². The van der Waals surface area contributed by atoms with Crippen molar-refractivity contribution in [2.75, 3.05) is 0 Å².